The third kappa shape index (κ3) is 1.52. The summed E-state index contributed by atoms with van der Waals surface area (Å²) in [5.41, 5.74) is 1.46. The zero-order valence-corrected chi connectivity index (χ0v) is 11.1. The van der Waals surface area contributed by atoms with E-state index in [1.165, 1.54) is 37.7 Å². The number of methoxy groups -OCH3 is 1. The number of ether oxygens (including phenoxy) is 1. The van der Waals surface area contributed by atoms with Crippen LogP contribution in [0.3, 0.4) is 0 Å². The monoisotopic (exact) mass is 241 g/mol. The van der Waals surface area contributed by atoms with Gasteiger partial charge in [0.15, 0.2) is 0 Å². The highest BCUT2D eigenvalue weighted by atomic mass is 16.5. The van der Waals surface area contributed by atoms with Crippen LogP contribution in [0.5, 0.6) is 5.75 Å². The molecule has 4 aliphatic carbocycles. The second-order valence-corrected chi connectivity index (χ2v) is 6.49. The van der Waals surface area contributed by atoms with Crippen molar-refractivity contribution in [1.29, 1.82) is 0 Å². The summed E-state index contributed by atoms with van der Waals surface area (Å²) < 4.78 is 5.59. The lowest BCUT2D eigenvalue weighted by atomic mass is 9.50. The van der Waals surface area contributed by atoms with Crippen molar-refractivity contribution in [2.75, 3.05) is 7.11 Å². The molecule has 0 aromatic heterocycles. The molecule has 3 unspecified atom stereocenters. The summed E-state index contributed by atoms with van der Waals surface area (Å²) in [5.74, 6) is 6.58. The minimum atomic E-state index is 0.703. The molecule has 5 rings (SSSR count). The maximum atomic E-state index is 5.59. The number of hydrogen-bond acceptors (Lipinski definition) is 1. The average Bonchev–Trinajstić information content (AvgIpc) is 2.38. The highest BCUT2D eigenvalue weighted by Gasteiger charge is 2.49. The summed E-state index contributed by atoms with van der Waals surface area (Å²) in [5, 5.41) is 0. The average molecular weight is 241 g/mol. The molecule has 95 valence electrons. The number of para-hydroxylation sites is 1. The van der Waals surface area contributed by atoms with Gasteiger partial charge in [0.05, 0.1) is 7.11 Å². The minimum Gasteiger partial charge on any atom is -0.496 e. The lowest BCUT2D eigenvalue weighted by Gasteiger charge is -2.54. The third-order valence-corrected chi connectivity index (χ3v) is 5.43. The second-order valence-electron chi connectivity index (χ2n) is 6.49. The molecule has 4 aliphatic rings. The van der Waals surface area contributed by atoms with Crippen molar-refractivity contribution >= 4 is 0 Å². The number of benzene rings is 1. The van der Waals surface area contributed by atoms with Gasteiger partial charge in [0.2, 0.25) is 0 Å². The lowest BCUT2D eigenvalue weighted by molar-refractivity contribution is 0.0715. The van der Waals surface area contributed by atoms with Crippen LogP contribution in [0.1, 0.15) is 43.6 Å². The van der Waals surface area contributed by atoms with E-state index in [0.29, 0.717) is 5.92 Å². The molecule has 4 fully saturated rings. The first kappa shape index (κ1) is 10.9. The topological polar surface area (TPSA) is 9.23 Å². The first-order valence-corrected chi connectivity index (χ1v) is 7.32. The van der Waals surface area contributed by atoms with E-state index in [0.717, 1.165) is 23.5 Å². The Morgan fingerprint density at radius 3 is 2.39 bits per heavy atom. The molecule has 0 saturated heterocycles. The van der Waals surface area contributed by atoms with Crippen molar-refractivity contribution < 1.29 is 4.74 Å². The van der Waals surface area contributed by atoms with Crippen molar-refractivity contribution in [2.45, 2.75) is 38.0 Å². The Kier molecular flexibility index (Phi) is 2.43. The Morgan fingerprint density at radius 2 is 1.72 bits per heavy atom. The van der Waals surface area contributed by atoms with Crippen LogP contribution in [-0.4, -0.2) is 7.11 Å². The van der Waals surface area contributed by atoms with Crippen LogP contribution in [0, 0.1) is 23.7 Å². The molecular weight excluding hydrogens is 220 g/mol. The lowest BCUT2D eigenvalue weighted by Crippen LogP contribution is -2.42. The largest absolute Gasteiger partial charge is 0.496 e. The zero-order valence-electron chi connectivity index (χ0n) is 11.1. The predicted molar refractivity (Wildman–Crippen MR) is 72.5 cm³/mol. The molecule has 1 aromatic rings. The molecule has 0 aliphatic heterocycles. The summed E-state index contributed by atoms with van der Waals surface area (Å²) >= 11 is 0. The van der Waals surface area contributed by atoms with Crippen LogP contribution in [-0.2, 0) is 0 Å². The molecule has 0 amide bonds. The molecule has 4 saturated carbocycles. The summed E-state index contributed by atoms with van der Waals surface area (Å²) in [6, 6.07) is 8.67. The number of hydrogen-bond donors (Lipinski definition) is 0. The standard InChI is InChI=1S/C17H21O/c1-18-16-5-3-2-4-15(16)17-13-7-11-6-12(9-13)10-14(17)8-11/h2-5,11-13,17H,6-10H2,1H3. The van der Waals surface area contributed by atoms with E-state index in [4.69, 9.17) is 4.74 Å². The van der Waals surface area contributed by atoms with E-state index >= 15 is 0 Å². The summed E-state index contributed by atoms with van der Waals surface area (Å²) in [6.45, 7) is 0. The maximum Gasteiger partial charge on any atom is 0.122 e. The smallest absolute Gasteiger partial charge is 0.122 e. The van der Waals surface area contributed by atoms with Crippen molar-refractivity contribution in [3.05, 3.63) is 35.7 Å². The second kappa shape index (κ2) is 4.01. The van der Waals surface area contributed by atoms with Crippen LogP contribution < -0.4 is 4.74 Å². The van der Waals surface area contributed by atoms with Gasteiger partial charge < -0.3 is 4.74 Å². The van der Waals surface area contributed by atoms with Gasteiger partial charge in [-0.25, -0.2) is 0 Å². The summed E-state index contributed by atoms with van der Waals surface area (Å²) in [7, 11) is 1.81. The Bertz CT molecular complexity index is 423. The molecule has 0 heterocycles. The Labute approximate surface area is 110 Å². The molecule has 4 bridgehead atoms. The molecule has 1 aromatic carbocycles. The SMILES string of the molecule is COc1ccccc1C1[C]2CC3CC(C2)CC1C3. The van der Waals surface area contributed by atoms with Gasteiger partial charge in [-0.1, -0.05) is 18.2 Å². The van der Waals surface area contributed by atoms with Crippen LogP contribution in [0.2, 0.25) is 0 Å². The highest BCUT2D eigenvalue weighted by molar-refractivity contribution is 5.41. The fraction of sp³-hybridized carbons (Fsp3) is 0.588. The molecule has 0 spiro atoms. The van der Waals surface area contributed by atoms with Gasteiger partial charge in [0, 0.05) is 0 Å². The van der Waals surface area contributed by atoms with Crippen molar-refractivity contribution in [2.24, 2.45) is 17.8 Å². The van der Waals surface area contributed by atoms with E-state index in [-0.39, 0.29) is 0 Å². The quantitative estimate of drug-likeness (QED) is 0.754. The molecular formula is C17H21O. The Balaban J connectivity index is 1.72. The number of rotatable bonds is 2. The van der Waals surface area contributed by atoms with Crippen molar-refractivity contribution in [3.8, 4) is 5.75 Å². The first-order valence-electron chi connectivity index (χ1n) is 7.32. The molecule has 1 nitrogen and oxygen atoms in total. The molecule has 1 heteroatoms. The molecule has 0 N–H and O–H groups in total. The predicted octanol–water partition coefficient (Wildman–Crippen LogP) is 4.19. The third-order valence-electron chi connectivity index (χ3n) is 5.43. The van der Waals surface area contributed by atoms with Crippen LogP contribution in [0.25, 0.3) is 0 Å². The Hall–Kier alpha value is -0.980. The first-order chi connectivity index (χ1) is 8.85. The van der Waals surface area contributed by atoms with Crippen LogP contribution >= 0.6 is 0 Å². The minimum absolute atomic E-state index is 0.703. The van der Waals surface area contributed by atoms with Gasteiger partial charge in [0.25, 0.3) is 0 Å². The van der Waals surface area contributed by atoms with E-state index in [1.54, 1.807) is 7.11 Å². The van der Waals surface area contributed by atoms with E-state index in [2.05, 4.69) is 24.3 Å². The highest BCUT2D eigenvalue weighted by Crippen LogP contribution is 2.61. The van der Waals surface area contributed by atoms with E-state index in [9.17, 15) is 0 Å². The maximum absolute atomic E-state index is 5.59. The van der Waals surface area contributed by atoms with Crippen molar-refractivity contribution in [1.82, 2.24) is 0 Å². The normalized spacial score (nSPS) is 38.1. The summed E-state index contributed by atoms with van der Waals surface area (Å²) in [6.07, 6.45) is 7.23. The molecule has 18 heavy (non-hydrogen) atoms. The van der Waals surface area contributed by atoms with E-state index in [1.807, 2.05) is 5.92 Å². The Morgan fingerprint density at radius 1 is 1.00 bits per heavy atom. The fourth-order valence-corrected chi connectivity index (χ4v) is 5.03. The molecule has 3 atom stereocenters. The van der Waals surface area contributed by atoms with Gasteiger partial charge >= 0.3 is 0 Å². The fourth-order valence-electron chi connectivity index (χ4n) is 5.03. The van der Waals surface area contributed by atoms with Gasteiger partial charge in [0.1, 0.15) is 5.75 Å². The van der Waals surface area contributed by atoms with Gasteiger partial charge in [-0.05, 0) is 73.3 Å². The van der Waals surface area contributed by atoms with E-state index < -0.39 is 0 Å². The van der Waals surface area contributed by atoms with Crippen LogP contribution in [0.15, 0.2) is 24.3 Å². The van der Waals surface area contributed by atoms with Crippen molar-refractivity contribution in [3.63, 3.8) is 0 Å². The van der Waals surface area contributed by atoms with Crippen LogP contribution in [0.4, 0.5) is 0 Å². The summed E-state index contributed by atoms with van der Waals surface area (Å²) in [4.78, 5) is 0. The van der Waals surface area contributed by atoms with Gasteiger partial charge in [-0.3, -0.25) is 0 Å². The zero-order chi connectivity index (χ0) is 12.1. The molecule has 1 radical (unpaired) electrons. The van der Waals surface area contributed by atoms with Gasteiger partial charge in [-0.2, -0.15) is 0 Å². The van der Waals surface area contributed by atoms with Gasteiger partial charge in [-0.15, -0.1) is 0 Å².